The fourth-order valence-electron chi connectivity index (χ4n) is 2.64. The maximum absolute atomic E-state index is 12.1. The zero-order valence-corrected chi connectivity index (χ0v) is 12.9. The zero-order valence-electron chi connectivity index (χ0n) is 12.0. The van der Waals surface area contributed by atoms with Crippen LogP contribution in [0, 0.1) is 0 Å². The summed E-state index contributed by atoms with van der Waals surface area (Å²) in [6, 6.07) is 14.7. The van der Waals surface area contributed by atoms with E-state index in [0.29, 0.717) is 12.1 Å². The van der Waals surface area contributed by atoms with Crippen molar-refractivity contribution in [3.63, 3.8) is 0 Å². The quantitative estimate of drug-likeness (QED) is 0.909. The first kappa shape index (κ1) is 14.6. The Morgan fingerprint density at radius 2 is 1.77 bits per heavy atom. The van der Waals surface area contributed by atoms with E-state index in [-0.39, 0.29) is 11.8 Å². The molecule has 3 rings (SSSR count). The molecule has 0 saturated carbocycles. The van der Waals surface area contributed by atoms with E-state index in [1.165, 1.54) is 0 Å². The van der Waals surface area contributed by atoms with E-state index in [1.807, 2.05) is 36.4 Å². The summed E-state index contributed by atoms with van der Waals surface area (Å²) < 4.78 is 24.8. The van der Waals surface area contributed by atoms with Crippen LogP contribution in [0.3, 0.4) is 0 Å². The molecule has 0 bridgehead atoms. The number of hydrogen-bond donors (Lipinski definition) is 2. The van der Waals surface area contributed by atoms with Crippen molar-refractivity contribution in [3.8, 4) is 0 Å². The Kier molecular flexibility index (Phi) is 3.62. The topological polar surface area (TPSA) is 75.3 Å². The van der Waals surface area contributed by atoms with E-state index >= 15 is 0 Å². The average Bonchev–Trinajstić information content (AvgIpc) is 2.76. The second kappa shape index (κ2) is 5.46. The number of amides is 1. The number of fused-ring (bicyclic) bond motifs is 1. The van der Waals surface area contributed by atoms with Crippen molar-refractivity contribution >= 4 is 27.3 Å². The highest BCUT2D eigenvalue weighted by molar-refractivity contribution is 7.92. The summed E-state index contributed by atoms with van der Waals surface area (Å²) in [5.41, 5.74) is 3.37. The average molecular weight is 316 g/mol. The molecule has 0 saturated heterocycles. The summed E-state index contributed by atoms with van der Waals surface area (Å²) in [7, 11) is -3.28. The number of carbonyl (C=O) groups excluding carboxylic acids is 1. The van der Waals surface area contributed by atoms with E-state index in [9.17, 15) is 13.2 Å². The van der Waals surface area contributed by atoms with Gasteiger partial charge in [-0.3, -0.25) is 9.52 Å². The molecule has 0 aliphatic carbocycles. The van der Waals surface area contributed by atoms with Crippen LogP contribution < -0.4 is 10.0 Å². The van der Waals surface area contributed by atoms with Gasteiger partial charge in [-0.15, -0.1) is 0 Å². The van der Waals surface area contributed by atoms with Gasteiger partial charge in [0.1, 0.15) is 0 Å². The molecule has 2 N–H and O–H groups in total. The van der Waals surface area contributed by atoms with Crippen LogP contribution >= 0.6 is 0 Å². The summed E-state index contributed by atoms with van der Waals surface area (Å²) in [5.74, 6) is -0.204. The molecule has 1 atom stereocenters. The molecule has 1 unspecified atom stereocenters. The molecule has 1 heterocycles. The minimum atomic E-state index is -3.28. The van der Waals surface area contributed by atoms with Gasteiger partial charge in [-0.05, 0) is 35.7 Å². The lowest BCUT2D eigenvalue weighted by Crippen LogP contribution is -2.14. The smallest absolute Gasteiger partial charge is 0.232 e. The first-order chi connectivity index (χ1) is 10.4. The molecule has 0 aromatic heterocycles. The molecular formula is C16H16N2O3S. The van der Waals surface area contributed by atoms with Crippen LogP contribution in [-0.2, 0) is 21.2 Å². The van der Waals surface area contributed by atoms with Crippen LogP contribution in [0.15, 0.2) is 48.5 Å². The van der Waals surface area contributed by atoms with Crippen molar-refractivity contribution < 1.29 is 13.2 Å². The molecule has 22 heavy (non-hydrogen) atoms. The van der Waals surface area contributed by atoms with Crippen LogP contribution in [0.5, 0.6) is 0 Å². The van der Waals surface area contributed by atoms with Crippen molar-refractivity contribution in [2.75, 3.05) is 16.3 Å². The summed E-state index contributed by atoms with van der Waals surface area (Å²) in [6.45, 7) is 0. The Bertz CT molecular complexity index is 814. The number of benzene rings is 2. The van der Waals surface area contributed by atoms with Gasteiger partial charge in [-0.1, -0.05) is 30.3 Å². The highest BCUT2D eigenvalue weighted by atomic mass is 32.2. The number of sulfonamides is 1. The Balaban J connectivity index is 1.78. The number of hydrogen-bond acceptors (Lipinski definition) is 3. The number of rotatable bonds is 4. The van der Waals surface area contributed by atoms with Crippen LogP contribution in [-0.4, -0.2) is 20.6 Å². The molecule has 0 fully saturated rings. The van der Waals surface area contributed by atoms with Crippen LogP contribution in [0.4, 0.5) is 11.4 Å². The number of nitrogens with one attached hydrogen (secondary N) is 2. The number of anilines is 2. The summed E-state index contributed by atoms with van der Waals surface area (Å²) in [4.78, 5) is 12.1. The predicted molar refractivity (Wildman–Crippen MR) is 86.4 cm³/mol. The second-order valence-electron chi connectivity index (χ2n) is 5.40. The predicted octanol–water partition coefficient (Wildman–Crippen LogP) is 2.34. The van der Waals surface area contributed by atoms with Gasteiger partial charge >= 0.3 is 0 Å². The normalized spacial score (nSPS) is 17.0. The van der Waals surface area contributed by atoms with Crippen molar-refractivity contribution in [1.82, 2.24) is 0 Å². The first-order valence-corrected chi connectivity index (χ1v) is 8.78. The first-order valence-electron chi connectivity index (χ1n) is 6.89. The lowest BCUT2D eigenvalue weighted by atomic mass is 9.93. The van der Waals surface area contributed by atoms with Gasteiger partial charge in [-0.2, -0.15) is 0 Å². The second-order valence-corrected chi connectivity index (χ2v) is 7.15. The lowest BCUT2D eigenvalue weighted by Gasteiger charge is -2.10. The third kappa shape index (κ3) is 3.12. The van der Waals surface area contributed by atoms with Crippen LogP contribution in [0.1, 0.15) is 17.0 Å². The summed E-state index contributed by atoms with van der Waals surface area (Å²) >= 11 is 0. The molecule has 0 radical (unpaired) electrons. The largest absolute Gasteiger partial charge is 0.325 e. The zero-order chi connectivity index (χ0) is 15.7. The molecule has 1 aliphatic rings. The third-order valence-corrected chi connectivity index (χ3v) is 4.21. The van der Waals surface area contributed by atoms with Gasteiger partial charge in [0.25, 0.3) is 0 Å². The van der Waals surface area contributed by atoms with Crippen molar-refractivity contribution in [2.24, 2.45) is 0 Å². The van der Waals surface area contributed by atoms with Gasteiger partial charge in [0.05, 0.1) is 12.2 Å². The maximum Gasteiger partial charge on any atom is 0.232 e. The monoisotopic (exact) mass is 316 g/mol. The Morgan fingerprint density at radius 3 is 2.45 bits per heavy atom. The van der Waals surface area contributed by atoms with E-state index in [2.05, 4.69) is 10.0 Å². The minimum Gasteiger partial charge on any atom is -0.325 e. The Hall–Kier alpha value is -2.34. The molecule has 1 amide bonds. The molecule has 2 aromatic carbocycles. The van der Waals surface area contributed by atoms with E-state index in [4.69, 9.17) is 0 Å². The van der Waals surface area contributed by atoms with Crippen LogP contribution in [0.2, 0.25) is 0 Å². The van der Waals surface area contributed by atoms with Crippen molar-refractivity contribution in [3.05, 3.63) is 59.7 Å². The SMILES string of the molecule is CS(=O)(=O)Nc1ccc(CC2C(=O)Nc3ccccc32)cc1. The summed E-state index contributed by atoms with van der Waals surface area (Å²) in [5, 5.41) is 2.88. The van der Waals surface area contributed by atoms with Gasteiger partial charge < -0.3 is 5.32 Å². The Morgan fingerprint density at radius 1 is 1.09 bits per heavy atom. The van der Waals surface area contributed by atoms with Gasteiger partial charge in [0.2, 0.25) is 15.9 Å². The fourth-order valence-corrected chi connectivity index (χ4v) is 3.20. The standard InChI is InChI=1S/C16H16N2O3S/c1-22(20,21)18-12-8-6-11(7-9-12)10-14-13-4-2-3-5-15(13)17-16(14)19/h2-9,14,18H,10H2,1H3,(H,17,19). The van der Waals surface area contributed by atoms with Gasteiger partial charge in [0, 0.05) is 11.4 Å². The highest BCUT2D eigenvalue weighted by Crippen LogP contribution is 2.34. The highest BCUT2D eigenvalue weighted by Gasteiger charge is 2.29. The maximum atomic E-state index is 12.1. The van der Waals surface area contributed by atoms with E-state index in [0.717, 1.165) is 23.1 Å². The van der Waals surface area contributed by atoms with E-state index < -0.39 is 10.0 Å². The summed E-state index contributed by atoms with van der Waals surface area (Å²) in [6.07, 6.45) is 1.70. The van der Waals surface area contributed by atoms with Crippen LogP contribution in [0.25, 0.3) is 0 Å². The molecule has 0 spiro atoms. The van der Waals surface area contributed by atoms with E-state index in [1.54, 1.807) is 12.1 Å². The van der Waals surface area contributed by atoms with Gasteiger partial charge in [0.15, 0.2) is 0 Å². The van der Waals surface area contributed by atoms with Crippen molar-refractivity contribution in [2.45, 2.75) is 12.3 Å². The molecule has 1 aliphatic heterocycles. The molecule has 6 heteroatoms. The molecular weight excluding hydrogens is 300 g/mol. The third-order valence-electron chi connectivity index (χ3n) is 3.61. The Labute approximate surface area is 129 Å². The molecule has 114 valence electrons. The molecule has 5 nitrogen and oxygen atoms in total. The lowest BCUT2D eigenvalue weighted by molar-refractivity contribution is -0.117. The number of carbonyl (C=O) groups is 1. The minimum absolute atomic E-state index is 0.000428. The molecule has 2 aromatic rings. The van der Waals surface area contributed by atoms with Crippen molar-refractivity contribution in [1.29, 1.82) is 0 Å². The number of para-hydroxylation sites is 1. The fraction of sp³-hybridized carbons (Fsp3) is 0.188. The van der Waals surface area contributed by atoms with Gasteiger partial charge in [-0.25, -0.2) is 8.42 Å².